The quantitative estimate of drug-likeness (QED) is 0.706. The van der Waals surface area contributed by atoms with Crippen LogP contribution in [0.15, 0.2) is 24.3 Å². The second-order valence-corrected chi connectivity index (χ2v) is 10.1. The monoisotopic (exact) mass is 408 g/mol. The first kappa shape index (κ1) is 18.9. The van der Waals surface area contributed by atoms with Crippen LogP contribution in [0.5, 0.6) is 5.75 Å². The van der Waals surface area contributed by atoms with E-state index in [2.05, 4.69) is 10.9 Å². The first-order valence-corrected chi connectivity index (χ1v) is 11.0. The first-order valence-electron chi connectivity index (χ1n) is 9.60. The number of carbonyl (C=O) groups excluding carboxylic acids is 2. The highest BCUT2D eigenvalue weighted by Gasteiger charge is 2.51. The lowest BCUT2D eigenvalue weighted by molar-refractivity contribution is -0.128. The summed E-state index contributed by atoms with van der Waals surface area (Å²) < 4.78 is 5.65. The number of ether oxygens (including phenoxy) is 1. The summed E-state index contributed by atoms with van der Waals surface area (Å²) in [4.78, 5) is 24.0. The van der Waals surface area contributed by atoms with Gasteiger partial charge in [-0.25, -0.2) is 0 Å². The van der Waals surface area contributed by atoms with Crippen molar-refractivity contribution >= 4 is 35.2 Å². The van der Waals surface area contributed by atoms with Gasteiger partial charge in [-0.05, 0) is 80.5 Å². The van der Waals surface area contributed by atoms with Crippen molar-refractivity contribution in [1.29, 1.82) is 0 Å². The molecule has 4 fully saturated rings. The van der Waals surface area contributed by atoms with Gasteiger partial charge in [0.05, 0.1) is 5.75 Å². The molecule has 146 valence electrons. The van der Waals surface area contributed by atoms with Crippen LogP contribution in [-0.4, -0.2) is 28.9 Å². The van der Waals surface area contributed by atoms with Gasteiger partial charge < -0.3 is 4.74 Å². The van der Waals surface area contributed by atoms with Gasteiger partial charge in [0, 0.05) is 9.77 Å². The summed E-state index contributed by atoms with van der Waals surface area (Å²) >= 11 is 7.60. The van der Waals surface area contributed by atoms with Crippen molar-refractivity contribution in [2.75, 3.05) is 12.4 Å². The molecule has 0 spiro atoms. The van der Waals surface area contributed by atoms with Crippen molar-refractivity contribution < 1.29 is 14.3 Å². The summed E-state index contributed by atoms with van der Waals surface area (Å²) in [7, 11) is 0. The van der Waals surface area contributed by atoms with E-state index in [0.29, 0.717) is 21.3 Å². The maximum absolute atomic E-state index is 12.2. The lowest BCUT2D eigenvalue weighted by Crippen LogP contribution is -2.50. The Morgan fingerprint density at radius 1 is 1.00 bits per heavy atom. The molecule has 7 heteroatoms. The Hall–Kier alpha value is -1.40. The Balaban J connectivity index is 1.17. The average Bonchev–Trinajstić information content (AvgIpc) is 2.63. The summed E-state index contributed by atoms with van der Waals surface area (Å²) in [6.45, 7) is -0.163. The van der Waals surface area contributed by atoms with E-state index in [9.17, 15) is 9.59 Å². The number of halogens is 1. The minimum absolute atomic E-state index is 0.157. The third-order valence-corrected chi connectivity index (χ3v) is 7.79. The molecule has 4 aliphatic carbocycles. The second kappa shape index (κ2) is 7.92. The lowest BCUT2D eigenvalue weighted by Gasteiger charge is -2.56. The van der Waals surface area contributed by atoms with Gasteiger partial charge in [-0.1, -0.05) is 11.6 Å². The van der Waals surface area contributed by atoms with Crippen molar-refractivity contribution in [1.82, 2.24) is 10.9 Å². The van der Waals surface area contributed by atoms with Crippen LogP contribution in [0.25, 0.3) is 0 Å². The van der Waals surface area contributed by atoms with Crippen LogP contribution in [-0.2, 0) is 9.59 Å². The SMILES string of the molecule is O=C(COc1ccc(Cl)cc1)NNC(=O)CSC12CC3CC(CC(C3)C1)C2. The Morgan fingerprint density at radius 2 is 1.56 bits per heavy atom. The van der Waals surface area contributed by atoms with Crippen LogP contribution in [0.1, 0.15) is 38.5 Å². The first-order chi connectivity index (χ1) is 13.0. The van der Waals surface area contributed by atoms with Gasteiger partial charge in [0.1, 0.15) is 5.75 Å². The van der Waals surface area contributed by atoms with Gasteiger partial charge in [-0.3, -0.25) is 20.4 Å². The topological polar surface area (TPSA) is 67.4 Å². The molecule has 0 aromatic heterocycles. The molecular weight excluding hydrogens is 384 g/mol. The molecule has 0 heterocycles. The number of benzene rings is 1. The molecule has 0 radical (unpaired) electrons. The van der Waals surface area contributed by atoms with Crippen LogP contribution in [0.4, 0.5) is 0 Å². The molecule has 1 aromatic rings. The summed E-state index contributed by atoms with van der Waals surface area (Å²) in [6, 6.07) is 6.77. The summed E-state index contributed by atoms with van der Waals surface area (Å²) in [5.74, 6) is 3.02. The highest BCUT2D eigenvalue weighted by Crippen LogP contribution is 2.60. The van der Waals surface area contributed by atoms with Crippen LogP contribution in [0, 0.1) is 17.8 Å². The molecule has 2 amide bonds. The minimum atomic E-state index is -0.391. The largest absolute Gasteiger partial charge is 0.484 e. The lowest BCUT2D eigenvalue weighted by atomic mass is 9.56. The molecule has 2 N–H and O–H groups in total. The second-order valence-electron chi connectivity index (χ2n) is 8.23. The third-order valence-electron chi connectivity index (χ3n) is 6.02. The third kappa shape index (κ3) is 4.72. The summed E-state index contributed by atoms with van der Waals surface area (Å²) in [6.07, 6.45) is 7.98. The van der Waals surface area contributed by atoms with Crippen molar-refractivity contribution in [2.24, 2.45) is 17.8 Å². The summed E-state index contributed by atoms with van der Waals surface area (Å²) in [5.41, 5.74) is 4.92. The molecule has 4 bridgehead atoms. The van der Waals surface area contributed by atoms with Gasteiger partial charge >= 0.3 is 0 Å². The molecule has 0 atom stereocenters. The number of rotatable bonds is 6. The molecule has 1 aromatic carbocycles. The van der Waals surface area contributed by atoms with Gasteiger partial charge in [0.15, 0.2) is 6.61 Å². The normalized spacial score (nSPS) is 30.8. The van der Waals surface area contributed by atoms with E-state index >= 15 is 0 Å². The fourth-order valence-corrected chi connectivity index (χ4v) is 7.01. The zero-order valence-corrected chi connectivity index (χ0v) is 16.8. The van der Waals surface area contributed by atoms with E-state index in [1.54, 1.807) is 36.0 Å². The molecule has 27 heavy (non-hydrogen) atoms. The van der Waals surface area contributed by atoms with E-state index in [1.165, 1.54) is 38.5 Å². The highest BCUT2D eigenvalue weighted by molar-refractivity contribution is 8.01. The number of hydrogen-bond donors (Lipinski definition) is 2. The molecule has 4 aliphatic rings. The van der Waals surface area contributed by atoms with Crippen LogP contribution < -0.4 is 15.6 Å². The van der Waals surface area contributed by atoms with E-state index in [-0.39, 0.29) is 12.5 Å². The van der Waals surface area contributed by atoms with Crippen LogP contribution in [0.3, 0.4) is 0 Å². The fourth-order valence-electron chi connectivity index (χ4n) is 5.32. The average molecular weight is 409 g/mol. The van der Waals surface area contributed by atoms with E-state index in [4.69, 9.17) is 16.3 Å². The van der Waals surface area contributed by atoms with E-state index < -0.39 is 5.91 Å². The van der Waals surface area contributed by atoms with Gasteiger partial charge in [0.25, 0.3) is 5.91 Å². The van der Waals surface area contributed by atoms with E-state index in [1.807, 2.05) is 0 Å². The highest BCUT2D eigenvalue weighted by atomic mass is 35.5. The van der Waals surface area contributed by atoms with Gasteiger partial charge in [-0.15, -0.1) is 11.8 Å². The van der Waals surface area contributed by atoms with Crippen molar-refractivity contribution in [3.8, 4) is 5.75 Å². The molecule has 4 saturated carbocycles. The van der Waals surface area contributed by atoms with Crippen LogP contribution >= 0.6 is 23.4 Å². The van der Waals surface area contributed by atoms with Gasteiger partial charge in [-0.2, -0.15) is 0 Å². The number of hydrazine groups is 1. The smallest absolute Gasteiger partial charge is 0.276 e. The maximum atomic E-state index is 12.2. The number of hydrogen-bond acceptors (Lipinski definition) is 4. The summed E-state index contributed by atoms with van der Waals surface area (Å²) in [5, 5.41) is 0.607. The predicted molar refractivity (Wildman–Crippen MR) is 107 cm³/mol. The number of amides is 2. The van der Waals surface area contributed by atoms with Crippen molar-refractivity contribution in [3.05, 3.63) is 29.3 Å². The Labute approximate surface area is 168 Å². The predicted octanol–water partition coefficient (Wildman–Crippen LogP) is 3.57. The molecule has 0 aliphatic heterocycles. The number of carbonyl (C=O) groups is 2. The molecule has 5 nitrogen and oxygen atoms in total. The zero-order valence-electron chi connectivity index (χ0n) is 15.2. The van der Waals surface area contributed by atoms with Gasteiger partial charge in [0.2, 0.25) is 5.91 Å². The molecule has 0 unspecified atom stereocenters. The standard InChI is InChI=1S/C20H25ClN2O3S/c21-16-1-3-17(4-2-16)26-11-18(24)22-23-19(25)12-27-20-8-13-5-14(9-20)7-15(6-13)10-20/h1-4,13-15H,5-12H2,(H,22,24)(H,23,25). The maximum Gasteiger partial charge on any atom is 0.276 e. The van der Waals surface area contributed by atoms with Crippen molar-refractivity contribution in [2.45, 2.75) is 43.3 Å². The Bertz CT molecular complexity index is 674. The van der Waals surface area contributed by atoms with E-state index in [0.717, 1.165) is 17.8 Å². The molecule has 5 rings (SSSR count). The Kier molecular flexibility index (Phi) is 5.55. The number of nitrogens with one attached hydrogen (secondary N) is 2. The zero-order chi connectivity index (χ0) is 18.9. The fraction of sp³-hybridized carbons (Fsp3) is 0.600. The van der Waals surface area contributed by atoms with Crippen LogP contribution in [0.2, 0.25) is 5.02 Å². The molecule has 0 saturated heterocycles. The molecular formula is C20H25ClN2O3S. The van der Waals surface area contributed by atoms with Crippen molar-refractivity contribution in [3.63, 3.8) is 0 Å². The number of thioether (sulfide) groups is 1. The Morgan fingerprint density at radius 3 is 2.15 bits per heavy atom. The minimum Gasteiger partial charge on any atom is -0.484 e.